The highest BCUT2D eigenvalue weighted by Gasteiger charge is 2.25. The van der Waals surface area contributed by atoms with Gasteiger partial charge in [0.15, 0.2) is 11.6 Å². The van der Waals surface area contributed by atoms with E-state index in [1.165, 1.54) is 4.88 Å². The number of hydrogen-bond donors (Lipinski definition) is 1. The van der Waals surface area contributed by atoms with E-state index < -0.39 is 11.8 Å². The number of carbonyl (C=O) groups is 1. The molecule has 0 amide bonds. The molecule has 37 heavy (non-hydrogen) atoms. The zero-order valence-electron chi connectivity index (χ0n) is 21.5. The average molecular weight is 528 g/mol. The topological polar surface area (TPSA) is 100 Å². The van der Waals surface area contributed by atoms with E-state index in [4.69, 9.17) is 24.3 Å². The molecule has 4 heterocycles. The Morgan fingerprint density at radius 2 is 1.84 bits per heavy atom. The Morgan fingerprint density at radius 3 is 2.54 bits per heavy atom. The maximum atomic E-state index is 12.0. The number of phenolic OH excluding ortho intramolecular Hbond substituents is 1. The van der Waals surface area contributed by atoms with Gasteiger partial charge in [0.05, 0.1) is 23.4 Å². The van der Waals surface area contributed by atoms with Crippen LogP contribution in [0.3, 0.4) is 0 Å². The van der Waals surface area contributed by atoms with Gasteiger partial charge in [-0.3, -0.25) is 4.90 Å². The van der Waals surface area contributed by atoms with Crippen LogP contribution in [0, 0.1) is 0 Å². The summed E-state index contributed by atoms with van der Waals surface area (Å²) in [6, 6.07) is 9.19. The molecular weight excluding hydrogens is 494 g/mol. The summed E-state index contributed by atoms with van der Waals surface area (Å²) in [4.78, 5) is 32.9. The van der Waals surface area contributed by atoms with Gasteiger partial charge in [-0.2, -0.15) is 0 Å². The Morgan fingerprint density at radius 1 is 1.08 bits per heavy atom. The fourth-order valence-corrected chi connectivity index (χ4v) is 5.53. The van der Waals surface area contributed by atoms with E-state index >= 15 is 0 Å². The van der Waals surface area contributed by atoms with Gasteiger partial charge in [-0.1, -0.05) is 12.1 Å². The number of ether oxygens (including phenoxy) is 2. The fraction of sp³-hybridized carbons (Fsp3) is 0.500. The summed E-state index contributed by atoms with van der Waals surface area (Å²) in [5.41, 5.74) is 1.11. The van der Waals surface area contributed by atoms with Crippen LogP contribution >= 0.6 is 11.3 Å². The fourth-order valence-electron chi connectivity index (χ4n) is 4.38. The van der Waals surface area contributed by atoms with Crippen molar-refractivity contribution in [1.29, 1.82) is 0 Å². The number of aromatic hydroxyl groups is 1. The first-order valence-corrected chi connectivity index (χ1v) is 13.4. The SMILES string of the molecule is CC(C)(C)OC(=O)ON1CCN(Cc2cc3nc(-c4cccc(O)c4)nc(N4CCOCC4)c3s2)CC1. The van der Waals surface area contributed by atoms with Crippen LogP contribution < -0.4 is 4.90 Å². The molecule has 0 spiro atoms. The first kappa shape index (κ1) is 25.7. The van der Waals surface area contributed by atoms with Crippen LogP contribution in [0.4, 0.5) is 10.6 Å². The number of morpholine rings is 1. The van der Waals surface area contributed by atoms with Crippen molar-refractivity contribution in [1.82, 2.24) is 19.9 Å². The van der Waals surface area contributed by atoms with Crippen molar-refractivity contribution < 1.29 is 24.2 Å². The minimum atomic E-state index is -0.665. The predicted octanol–water partition coefficient (Wildman–Crippen LogP) is 3.88. The summed E-state index contributed by atoms with van der Waals surface area (Å²) in [6.07, 6.45) is -0.665. The second-order valence-electron chi connectivity index (χ2n) is 10.2. The number of hydrogen-bond acceptors (Lipinski definition) is 11. The molecule has 0 unspecified atom stereocenters. The molecule has 2 aromatic heterocycles. The number of fused-ring (bicyclic) bond motifs is 1. The van der Waals surface area contributed by atoms with E-state index in [9.17, 15) is 9.90 Å². The van der Waals surface area contributed by atoms with Gasteiger partial charge in [-0.15, -0.1) is 16.4 Å². The normalized spacial score (nSPS) is 17.8. The largest absolute Gasteiger partial charge is 0.528 e. The zero-order valence-corrected chi connectivity index (χ0v) is 22.3. The van der Waals surface area contributed by atoms with Crippen LogP contribution in [0.15, 0.2) is 30.3 Å². The van der Waals surface area contributed by atoms with E-state index in [1.807, 2.05) is 26.8 Å². The van der Waals surface area contributed by atoms with Gasteiger partial charge in [-0.05, 0) is 39.0 Å². The molecule has 2 aliphatic rings. The number of anilines is 1. The van der Waals surface area contributed by atoms with E-state index in [1.54, 1.807) is 34.6 Å². The van der Waals surface area contributed by atoms with Crippen molar-refractivity contribution in [3.63, 3.8) is 0 Å². The van der Waals surface area contributed by atoms with Crippen molar-refractivity contribution >= 4 is 33.5 Å². The number of rotatable bonds is 5. The second-order valence-corrected chi connectivity index (χ2v) is 11.3. The Kier molecular flexibility index (Phi) is 7.47. The molecule has 0 bridgehead atoms. The lowest BCUT2D eigenvalue weighted by Crippen LogP contribution is -2.46. The van der Waals surface area contributed by atoms with Gasteiger partial charge in [0, 0.05) is 56.3 Å². The van der Waals surface area contributed by atoms with Crippen molar-refractivity contribution in [3.05, 3.63) is 35.2 Å². The number of phenols is 1. The van der Waals surface area contributed by atoms with Crippen molar-refractivity contribution in [2.45, 2.75) is 32.9 Å². The summed E-state index contributed by atoms with van der Waals surface area (Å²) in [5.74, 6) is 1.70. The Bertz CT molecular complexity index is 1250. The lowest BCUT2D eigenvalue weighted by atomic mass is 10.2. The molecule has 0 radical (unpaired) electrons. The Hall–Kier alpha value is -2.99. The van der Waals surface area contributed by atoms with E-state index in [-0.39, 0.29) is 5.75 Å². The number of piperazine rings is 1. The molecule has 3 aromatic rings. The minimum absolute atomic E-state index is 0.190. The summed E-state index contributed by atoms with van der Waals surface area (Å²) in [7, 11) is 0. The van der Waals surface area contributed by atoms with E-state index in [2.05, 4.69) is 15.9 Å². The highest BCUT2D eigenvalue weighted by atomic mass is 32.1. The van der Waals surface area contributed by atoms with Crippen LogP contribution in [0.2, 0.25) is 0 Å². The molecule has 198 valence electrons. The molecule has 1 N–H and O–H groups in total. The third kappa shape index (κ3) is 6.48. The van der Waals surface area contributed by atoms with Gasteiger partial charge in [0.25, 0.3) is 0 Å². The maximum Gasteiger partial charge on any atom is 0.528 e. The van der Waals surface area contributed by atoms with Gasteiger partial charge >= 0.3 is 6.16 Å². The molecule has 10 nitrogen and oxygen atoms in total. The van der Waals surface area contributed by atoms with E-state index in [0.29, 0.717) is 32.1 Å². The van der Waals surface area contributed by atoms with Crippen LogP contribution in [-0.4, -0.2) is 89.3 Å². The van der Waals surface area contributed by atoms with Gasteiger partial charge in [-0.25, -0.2) is 14.8 Å². The number of benzene rings is 1. The first-order chi connectivity index (χ1) is 17.7. The van der Waals surface area contributed by atoms with Crippen molar-refractivity contribution in [2.75, 3.05) is 57.4 Å². The minimum Gasteiger partial charge on any atom is -0.508 e. The van der Waals surface area contributed by atoms with Gasteiger partial charge < -0.3 is 24.3 Å². The Labute approximate surface area is 220 Å². The molecule has 5 rings (SSSR count). The molecule has 0 saturated carbocycles. The van der Waals surface area contributed by atoms with Crippen molar-refractivity contribution in [2.24, 2.45) is 0 Å². The molecular formula is C26H33N5O5S. The number of thiophene rings is 1. The third-order valence-corrected chi connectivity index (χ3v) is 7.23. The zero-order chi connectivity index (χ0) is 26.0. The summed E-state index contributed by atoms with van der Waals surface area (Å²) >= 11 is 1.72. The number of nitrogens with zero attached hydrogens (tertiary/aromatic N) is 5. The smallest absolute Gasteiger partial charge is 0.508 e. The lowest BCUT2D eigenvalue weighted by Gasteiger charge is -2.33. The summed E-state index contributed by atoms with van der Waals surface area (Å²) in [5, 5.41) is 11.7. The third-order valence-electron chi connectivity index (χ3n) is 6.12. The molecule has 0 atom stereocenters. The monoisotopic (exact) mass is 527 g/mol. The van der Waals surface area contributed by atoms with Crippen LogP contribution in [0.5, 0.6) is 5.75 Å². The molecule has 1 aromatic carbocycles. The standard InChI is InChI=1S/C26H33N5O5S/c1-26(2,3)35-25(33)36-31-9-7-29(8-10-31)17-20-16-21-22(37-20)24(30-11-13-34-14-12-30)28-23(27-21)18-5-4-6-19(32)15-18/h4-6,15-16,32H,7-14,17H2,1-3H3. The van der Waals surface area contributed by atoms with Gasteiger partial charge in [0.1, 0.15) is 11.4 Å². The highest BCUT2D eigenvalue weighted by molar-refractivity contribution is 7.19. The number of hydroxylamine groups is 2. The Balaban J connectivity index is 1.32. The second kappa shape index (κ2) is 10.8. The lowest BCUT2D eigenvalue weighted by molar-refractivity contribution is -0.158. The number of carbonyl (C=O) groups excluding carboxylic acids is 1. The van der Waals surface area contributed by atoms with E-state index in [0.717, 1.165) is 54.3 Å². The van der Waals surface area contributed by atoms with Crippen LogP contribution in [0.1, 0.15) is 25.6 Å². The van der Waals surface area contributed by atoms with Gasteiger partial charge in [0.2, 0.25) is 0 Å². The molecule has 11 heteroatoms. The number of aromatic nitrogens is 2. The van der Waals surface area contributed by atoms with Crippen LogP contribution in [-0.2, 0) is 20.9 Å². The summed E-state index contributed by atoms with van der Waals surface area (Å²) in [6.45, 7) is 11.9. The molecule has 0 aliphatic carbocycles. The molecule has 2 aliphatic heterocycles. The maximum absolute atomic E-state index is 12.0. The molecule has 2 fully saturated rings. The highest BCUT2D eigenvalue weighted by Crippen LogP contribution is 2.35. The summed E-state index contributed by atoms with van der Waals surface area (Å²) < 4.78 is 11.9. The quantitative estimate of drug-likeness (QED) is 0.492. The average Bonchev–Trinajstić information content (AvgIpc) is 3.26. The predicted molar refractivity (Wildman–Crippen MR) is 142 cm³/mol. The first-order valence-electron chi connectivity index (χ1n) is 12.5. The van der Waals surface area contributed by atoms with Crippen molar-refractivity contribution in [3.8, 4) is 17.1 Å². The molecule has 2 saturated heterocycles. The van der Waals surface area contributed by atoms with Crippen LogP contribution in [0.25, 0.3) is 21.6 Å².